The molecule has 0 bridgehead atoms. The van der Waals surface area contributed by atoms with E-state index in [2.05, 4.69) is 17.2 Å². The van der Waals surface area contributed by atoms with Gasteiger partial charge in [-0.15, -0.1) is 6.58 Å². The smallest absolute Gasteiger partial charge is 0.408 e. The van der Waals surface area contributed by atoms with Crippen molar-refractivity contribution < 1.29 is 19.1 Å². The van der Waals surface area contributed by atoms with Crippen molar-refractivity contribution in [2.75, 3.05) is 6.54 Å². The number of alkyl carbamates (subject to hydrolysis) is 1. The first-order valence-electron chi connectivity index (χ1n) is 7.91. The Balaban J connectivity index is 4.94. The summed E-state index contributed by atoms with van der Waals surface area (Å²) < 4.78 is 11.0. The van der Waals surface area contributed by atoms with Crippen LogP contribution in [0.15, 0.2) is 12.7 Å². The number of carbonyl (C=O) groups is 2. The monoisotopic (exact) mass is 328 g/mol. The first-order chi connectivity index (χ1) is 10.4. The fourth-order valence-corrected chi connectivity index (χ4v) is 1.86. The van der Waals surface area contributed by atoms with Gasteiger partial charge in [0.25, 0.3) is 0 Å². The SMILES string of the molecule is C=CCCNC(=O)[C@@H](NC(=O)OC(C)(C)C)[C@@H](C)OC(C)(C)C. The van der Waals surface area contributed by atoms with Gasteiger partial charge in [-0.3, -0.25) is 4.79 Å². The summed E-state index contributed by atoms with van der Waals surface area (Å²) in [6.07, 6.45) is 1.21. The normalized spacial score (nSPS) is 14.6. The molecule has 0 rings (SSSR count). The molecule has 0 aromatic rings. The average molecular weight is 328 g/mol. The lowest BCUT2D eigenvalue weighted by Gasteiger charge is -2.31. The molecular weight excluding hydrogens is 296 g/mol. The highest BCUT2D eigenvalue weighted by Gasteiger charge is 2.31. The summed E-state index contributed by atoms with van der Waals surface area (Å²) >= 11 is 0. The van der Waals surface area contributed by atoms with E-state index in [9.17, 15) is 9.59 Å². The second-order valence-electron chi connectivity index (χ2n) is 7.43. The van der Waals surface area contributed by atoms with Crippen LogP contribution in [0.1, 0.15) is 54.9 Å². The molecule has 0 spiro atoms. The van der Waals surface area contributed by atoms with Gasteiger partial charge in [-0.05, 0) is 54.9 Å². The minimum Gasteiger partial charge on any atom is -0.444 e. The van der Waals surface area contributed by atoms with Crippen molar-refractivity contribution >= 4 is 12.0 Å². The van der Waals surface area contributed by atoms with Crippen molar-refractivity contribution in [1.82, 2.24) is 10.6 Å². The fraction of sp³-hybridized carbons (Fsp3) is 0.765. The highest BCUT2D eigenvalue weighted by Crippen LogP contribution is 2.14. The number of amides is 2. The highest BCUT2D eigenvalue weighted by molar-refractivity contribution is 5.86. The molecule has 6 heteroatoms. The van der Waals surface area contributed by atoms with Crippen LogP contribution in [0.25, 0.3) is 0 Å². The molecule has 0 aromatic heterocycles. The molecule has 0 saturated heterocycles. The van der Waals surface area contributed by atoms with E-state index in [0.717, 1.165) is 0 Å². The third-order valence-corrected chi connectivity index (χ3v) is 2.61. The molecule has 0 fully saturated rings. The summed E-state index contributed by atoms with van der Waals surface area (Å²) in [4.78, 5) is 24.3. The molecule has 0 saturated carbocycles. The lowest BCUT2D eigenvalue weighted by Crippen LogP contribution is -2.55. The number of nitrogens with one attached hydrogen (secondary N) is 2. The number of carbonyl (C=O) groups excluding carboxylic acids is 2. The summed E-state index contributed by atoms with van der Waals surface area (Å²) in [7, 11) is 0. The summed E-state index contributed by atoms with van der Waals surface area (Å²) in [6, 6.07) is -0.839. The first-order valence-corrected chi connectivity index (χ1v) is 7.91. The van der Waals surface area contributed by atoms with Crippen molar-refractivity contribution in [3.63, 3.8) is 0 Å². The highest BCUT2D eigenvalue weighted by atomic mass is 16.6. The molecule has 0 heterocycles. The maximum Gasteiger partial charge on any atom is 0.408 e. The van der Waals surface area contributed by atoms with E-state index in [4.69, 9.17) is 9.47 Å². The van der Waals surface area contributed by atoms with E-state index in [1.54, 1.807) is 33.8 Å². The molecule has 2 N–H and O–H groups in total. The van der Waals surface area contributed by atoms with Crippen LogP contribution in [0, 0.1) is 0 Å². The molecule has 0 aliphatic rings. The van der Waals surface area contributed by atoms with Crippen molar-refractivity contribution in [3.8, 4) is 0 Å². The van der Waals surface area contributed by atoms with Crippen molar-refractivity contribution in [2.45, 2.75) is 78.2 Å². The van der Waals surface area contributed by atoms with Crippen LogP contribution in [-0.2, 0) is 14.3 Å². The van der Waals surface area contributed by atoms with Crippen LogP contribution in [0.2, 0.25) is 0 Å². The number of hydrogen-bond acceptors (Lipinski definition) is 4. The van der Waals surface area contributed by atoms with E-state index in [1.165, 1.54) is 0 Å². The zero-order chi connectivity index (χ0) is 18.3. The van der Waals surface area contributed by atoms with Crippen molar-refractivity contribution in [3.05, 3.63) is 12.7 Å². The zero-order valence-electron chi connectivity index (χ0n) is 15.5. The minimum atomic E-state index is -0.839. The van der Waals surface area contributed by atoms with E-state index < -0.39 is 29.4 Å². The third-order valence-electron chi connectivity index (χ3n) is 2.61. The Morgan fingerprint density at radius 1 is 1.13 bits per heavy atom. The van der Waals surface area contributed by atoms with Crippen LogP contribution < -0.4 is 10.6 Å². The zero-order valence-corrected chi connectivity index (χ0v) is 15.5. The number of rotatable bonds is 7. The first kappa shape index (κ1) is 21.4. The van der Waals surface area contributed by atoms with E-state index >= 15 is 0 Å². The molecule has 0 aromatic carbocycles. The second-order valence-corrected chi connectivity index (χ2v) is 7.43. The standard InChI is InChI=1S/C17H32N2O4/c1-9-10-11-18-14(20)13(12(2)22-16(3,4)5)19-15(21)23-17(6,7)8/h9,12-13H,1,10-11H2,2-8H3,(H,18,20)(H,19,21)/t12-,13+/m1/s1. The van der Waals surface area contributed by atoms with Gasteiger partial charge in [0.1, 0.15) is 11.6 Å². The Morgan fingerprint density at radius 3 is 2.13 bits per heavy atom. The Kier molecular flexibility index (Phi) is 8.31. The van der Waals surface area contributed by atoms with Crippen LogP contribution in [0.5, 0.6) is 0 Å². The lowest BCUT2D eigenvalue weighted by atomic mass is 10.1. The molecule has 0 aliphatic carbocycles. The molecule has 134 valence electrons. The summed E-state index contributed by atoms with van der Waals surface area (Å²) in [5, 5.41) is 5.36. The topological polar surface area (TPSA) is 76.7 Å². The van der Waals surface area contributed by atoms with Gasteiger partial charge in [0.2, 0.25) is 5.91 Å². The Morgan fingerprint density at radius 2 is 1.70 bits per heavy atom. The molecular formula is C17H32N2O4. The molecule has 0 radical (unpaired) electrons. The van der Waals surface area contributed by atoms with E-state index in [0.29, 0.717) is 13.0 Å². The second kappa shape index (κ2) is 8.91. The third kappa shape index (κ3) is 10.7. The van der Waals surface area contributed by atoms with E-state index in [-0.39, 0.29) is 5.91 Å². The maximum absolute atomic E-state index is 12.4. The summed E-state index contributed by atoms with van der Waals surface area (Å²) in [6.45, 7) is 16.8. The lowest BCUT2D eigenvalue weighted by molar-refractivity contribution is -0.131. The van der Waals surface area contributed by atoms with Gasteiger partial charge in [0, 0.05) is 6.54 Å². The Labute approximate surface area is 140 Å². The summed E-state index contributed by atoms with van der Waals surface area (Å²) in [5.74, 6) is -0.311. The molecule has 23 heavy (non-hydrogen) atoms. The van der Waals surface area contributed by atoms with Crippen LogP contribution in [-0.4, -0.2) is 41.9 Å². The predicted octanol–water partition coefficient (Wildman–Crippen LogP) is 2.78. The van der Waals surface area contributed by atoms with E-state index in [1.807, 2.05) is 20.8 Å². The maximum atomic E-state index is 12.4. The van der Waals surface area contributed by atoms with Gasteiger partial charge in [-0.1, -0.05) is 6.08 Å². The number of hydrogen-bond donors (Lipinski definition) is 2. The molecule has 2 atom stereocenters. The minimum absolute atomic E-state index is 0.311. The van der Waals surface area contributed by atoms with Crippen molar-refractivity contribution in [1.29, 1.82) is 0 Å². The van der Waals surface area contributed by atoms with Gasteiger partial charge in [-0.2, -0.15) is 0 Å². The Hall–Kier alpha value is -1.56. The van der Waals surface area contributed by atoms with Crippen LogP contribution >= 0.6 is 0 Å². The Bertz CT molecular complexity index is 408. The van der Waals surface area contributed by atoms with Crippen LogP contribution in [0.4, 0.5) is 4.79 Å². The van der Waals surface area contributed by atoms with Gasteiger partial charge >= 0.3 is 6.09 Å². The van der Waals surface area contributed by atoms with Crippen molar-refractivity contribution in [2.24, 2.45) is 0 Å². The van der Waals surface area contributed by atoms with Gasteiger partial charge in [0.05, 0.1) is 11.7 Å². The van der Waals surface area contributed by atoms with Gasteiger partial charge < -0.3 is 20.1 Å². The largest absolute Gasteiger partial charge is 0.444 e. The molecule has 2 amide bonds. The molecule has 0 unspecified atom stereocenters. The van der Waals surface area contributed by atoms with Gasteiger partial charge in [-0.25, -0.2) is 4.79 Å². The fourth-order valence-electron chi connectivity index (χ4n) is 1.86. The number of ether oxygens (including phenoxy) is 2. The molecule has 0 aliphatic heterocycles. The van der Waals surface area contributed by atoms with Crippen LogP contribution in [0.3, 0.4) is 0 Å². The predicted molar refractivity (Wildman–Crippen MR) is 91.3 cm³/mol. The average Bonchev–Trinajstić information content (AvgIpc) is 2.31. The quantitative estimate of drug-likeness (QED) is 0.556. The summed E-state index contributed by atoms with van der Waals surface area (Å²) in [5.41, 5.74) is -1.07. The van der Waals surface area contributed by atoms with Gasteiger partial charge in [0.15, 0.2) is 0 Å². The molecule has 6 nitrogen and oxygen atoms in total.